The van der Waals surface area contributed by atoms with Crippen molar-refractivity contribution in [1.29, 1.82) is 0 Å². The van der Waals surface area contributed by atoms with Crippen LogP contribution in [0.1, 0.15) is 19.4 Å². The number of hydrazone groups is 1. The number of ether oxygens (including phenoxy) is 1. The summed E-state index contributed by atoms with van der Waals surface area (Å²) in [6, 6.07) is 9.01. The second-order valence-electron chi connectivity index (χ2n) is 5.78. The summed E-state index contributed by atoms with van der Waals surface area (Å²) in [7, 11) is -2.29. The van der Waals surface area contributed by atoms with Crippen LogP contribution in [0, 0.1) is 10.1 Å². The maximum Gasteiger partial charge on any atom is 0.295 e. The van der Waals surface area contributed by atoms with E-state index >= 15 is 0 Å². The number of sulfonamides is 1. The third-order valence-electron chi connectivity index (χ3n) is 4.09. The Morgan fingerprint density at radius 3 is 2.52 bits per heavy atom. The molecule has 2 aromatic carbocycles. The van der Waals surface area contributed by atoms with Crippen LogP contribution in [0.5, 0.6) is 5.75 Å². The van der Waals surface area contributed by atoms with Gasteiger partial charge in [-0.15, -0.1) is 0 Å². The molecule has 11 heteroatoms. The molecule has 0 radical (unpaired) electrons. The maximum atomic E-state index is 12.6. The molecule has 29 heavy (non-hydrogen) atoms. The van der Waals surface area contributed by atoms with Gasteiger partial charge in [0.2, 0.25) is 10.0 Å². The van der Waals surface area contributed by atoms with Gasteiger partial charge in [0.15, 0.2) is 0 Å². The molecule has 0 bridgehead atoms. The minimum atomic E-state index is -3.81. The smallest absolute Gasteiger partial charge is 0.295 e. The Balaban J connectivity index is 2.35. The van der Waals surface area contributed by atoms with Gasteiger partial charge in [-0.05, 0) is 30.3 Å². The summed E-state index contributed by atoms with van der Waals surface area (Å²) in [5, 5.41) is 15.5. The van der Waals surface area contributed by atoms with E-state index in [0.717, 1.165) is 10.5 Å². The number of nitrogens with one attached hydrogen (secondary N) is 1. The number of nitrogens with zero attached hydrogens (tertiary/aromatic N) is 3. The largest absolute Gasteiger partial charge is 0.496 e. The van der Waals surface area contributed by atoms with Crippen molar-refractivity contribution in [3.05, 3.63) is 56.5 Å². The zero-order chi connectivity index (χ0) is 21.6. The van der Waals surface area contributed by atoms with Crippen molar-refractivity contribution in [2.24, 2.45) is 5.10 Å². The summed E-state index contributed by atoms with van der Waals surface area (Å²) < 4.78 is 32.5. The highest BCUT2D eigenvalue weighted by Gasteiger charge is 2.25. The van der Waals surface area contributed by atoms with Gasteiger partial charge in [0, 0.05) is 29.2 Å². The summed E-state index contributed by atoms with van der Waals surface area (Å²) in [6.45, 7) is 3.95. The van der Waals surface area contributed by atoms with Crippen LogP contribution in [0.4, 0.5) is 11.4 Å². The molecule has 156 valence electrons. The molecule has 2 aromatic rings. The molecule has 2 rings (SSSR count). The Kier molecular flexibility index (Phi) is 7.71. The van der Waals surface area contributed by atoms with E-state index in [2.05, 4.69) is 26.5 Å². The normalized spacial score (nSPS) is 11.8. The Morgan fingerprint density at radius 1 is 1.24 bits per heavy atom. The van der Waals surface area contributed by atoms with Crippen molar-refractivity contribution in [1.82, 2.24) is 4.31 Å². The van der Waals surface area contributed by atoms with E-state index in [1.165, 1.54) is 29.8 Å². The standard InChI is InChI=1S/C18H21BrN4O5S/c1-4-22(5-2)29(26,27)15-7-8-16(17(11-15)23(24)25)21-20-12-13-10-14(19)6-9-18(13)28-3/h6-12,21H,4-5H2,1-3H3. The Morgan fingerprint density at radius 2 is 1.93 bits per heavy atom. The molecule has 0 heterocycles. The van der Waals surface area contributed by atoms with E-state index in [1.54, 1.807) is 26.0 Å². The highest BCUT2D eigenvalue weighted by atomic mass is 79.9. The van der Waals surface area contributed by atoms with Gasteiger partial charge < -0.3 is 4.74 Å². The number of anilines is 1. The van der Waals surface area contributed by atoms with Gasteiger partial charge in [0.05, 0.1) is 23.1 Å². The summed E-state index contributed by atoms with van der Waals surface area (Å²) in [5.74, 6) is 0.578. The summed E-state index contributed by atoms with van der Waals surface area (Å²) in [6.07, 6.45) is 1.45. The van der Waals surface area contributed by atoms with Gasteiger partial charge in [-0.2, -0.15) is 9.41 Å². The molecule has 0 aliphatic carbocycles. The van der Waals surface area contributed by atoms with E-state index in [0.29, 0.717) is 11.3 Å². The number of methoxy groups -OCH3 is 1. The van der Waals surface area contributed by atoms with Crippen molar-refractivity contribution in [2.45, 2.75) is 18.7 Å². The quantitative estimate of drug-likeness (QED) is 0.328. The molecule has 0 unspecified atom stereocenters. The first-order chi connectivity index (χ1) is 13.7. The fourth-order valence-corrected chi connectivity index (χ4v) is 4.46. The number of nitro benzene ring substituents is 1. The first kappa shape index (κ1) is 22.8. The van der Waals surface area contributed by atoms with Crippen molar-refractivity contribution in [2.75, 3.05) is 25.6 Å². The van der Waals surface area contributed by atoms with Crippen LogP contribution in [0.25, 0.3) is 0 Å². The van der Waals surface area contributed by atoms with Crippen LogP contribution < -0.4 is 10.2 Å². The minimum Gasteiger partial charge on any atom is -0.496 e. The van der Waals surface area contributed by atoms with E-state index < -0.39 is 20.6 Å². The first-order valence-electron chi connectivity index (χ1n) is 8.65. The number of nitro groups is 1. The van der Waals surface area contributed by atoms with Gasteiger partial charge in [-0.3, -0.25) is 15.5 Å². The van der Waals surface area contributed by atoms with E-state index in [9.17, 15) is 18.5 Å². The molecule has 0 amide bonds. The van der Waals surface area contributed by atoms with Crippen LogP contribution in [0.3, 0.4) is 0 Å². The maximum absolute atomic E-state index is 12.6. The predicted octanol–water partition coefficient (Wildman–Crippen LogP) is 3.84. The van der Waals surface area contributed by atoms with Crippen LogP contribution in [-0.2, 0) is 10.0 Å². The molecule has 1 N–H and O–H groups in total. The Bertz CT molecular complexity index is 1020. The number of hydrogen-bond acceptors (Lipinski definition) is 7. The molecular weight excluding hydrogens is 464 g/mol. The highest BCUT2D eigenvalue weighted by Crippen LogP contribution is 2.29. The molecule has 0 aliphatic rings. The van der Waals surface area contributed by atoms with Crippen molar-refractivity contribution >= 4 is 43.5 Å². The Labute approximate surface area is 177 Å². The molecule has 0 atom stereocenters. The summed E-state index contributed by atoms with van der Waals surface area (Å²) >= 11 is 3.36. The highest BCUT2D eigenvalue weighted by molar-refractivity contribution is 9.10. The lowest BCUT2D eigenvalue weighted by Gasteiger charge is -2.18. The lowest BCUT2D eigenvalue weighted by molar-refractivity contribution is -0.384. The number of halogens is 1. The molecule has 0 aliphatic heterocycles. The molecular formula is C18H21BrN4O5S. The average molecular weight is 485 g/mol. The van der Waals surface area contributed by atoms with Crippen molar-refractivity contribution in [3.63, 3.8) is 0 Å². The molecule has 0 saturated carbocycles. The van der Waals surface area contributed by atoms with Crippen molar-refractivity contribution < 1.29 is 18.1 Å². The second-order valence-corrected chi connectivity index (χ2v) is 8.64. The number of rotatable bonds is 9. The lowest BCUT2D eigenvalue weighted by atomic mass is 10.2. The fourth-order valence-electron chi connectivity index (χ4n) is 2.61. The SMILES string of the molecule is CCN(CC)S(=O)(=O)c1ccc(NN=Cc2cc(Br)ccc2OC)c([N+](=O)[O-])c1. The van der Waals surface area contributed by atoms with Gasteiger partial charge in [0.1, 0.15) is 11.4 Å². The van der Waals surface area contributed by atoms with Crippen LogP contribution in [0.2, 0.25) is 0 Å². The van der Waals surface area contributed by atoms with E-state index in [1.807, 2.05) is 6.07 Å². The first-order valence-corrected chi connectivity index (χ1v) is 10.9. The second kappa shape index (κ2) is 9.81. The lowest BCUT2D eigenvalue weighted by Crippen LogP contribution is -2.30. The van der Waals surface area contributed by atoms with Gasteiger partial charge >= 0.3 is 0 Å². The summed E-state index contributed by atoms with van der Waals surface area (Å²) in [5.41, 5.74) is 2.93. The van der Waals surface area contributed by atoms with Crippen LogP contribution >= 0.6 is 15.9 Å². The zero-order valence-electron chi connectivity index (χ0n) is 16.1. The zero-order valence-corrected chi connectivity index (χ0v) is 18.5. The van der Waals surface area contributed by atoms with Gasteiger partial charge in [-0.25, -0.2) is 8.42 Å². The van der Waals surface area contributed by atoms with E-state index in [4.69, 9.17) is 4.74 Å². The minimum absolute atomic E-state index is 0.0683. The van der Waals surface area contributed by atoms with Gasteiger partial charge in [0.25, 0.3) is 5.69 Å². The van der Waals surface area contributed by atoms with Crippen LogP contribution in [0.15, 0.2) is 50.9 Å². The molecule has 0 saturated heterocycles. The number of benzene rings is 2. The molecule has 0 fully saturated rings. The monoisotopic (exact) mass is 484 g/mol. The third kappa shape index (κ3) is 5.31. The Hall–Kier alpha value is -2.50. The topological polar surface area (TPSA) is 114 Å². The molecule has 0 aromatic heterocycles. The van der Waals surface area contributed by atoms with Crippen molar-refractivity contribution in [3.8, 4) is 5.75 Å². The summed E-state index contributed by atoms with van der Waals surface area (Å²) in [4.78, 5) is 10.7. The fraction of sp³-hybridized carbons (Fsp3) is 0.278. The number of hydrogen-bond donors (Lipinski definition) is 1. The van der Waals surface area contributed by atoms with Gasteiger partial charge in [-0.1, -0.05) is 29.8 Å². The predicted molar refractivity (Wildman–Crippen MR) is 115 cm³/mol. The third-order valence-corrected chi connectivity index (χ3v) is 6.63. The molecule has 9 nitrogen and oxygen atoms in total. The van der Waals surface area contributed by atoms with Crippen LogP contribution in [-0.4, -0.2) is 44.1 Å². The molecule has 0 spiro atoms. The van der Waals surface area contributed by atoms with E-state index in [-0.39, 0.29) is 23.7 Å². The average Bonchev–Trinajstić information content (AvgIpc) is 2.68.